The van der Waals surface area contributed by atoms with E-state index in [9.17, 15) is 0 Å². The molecule has 16 heavy (non-hydrogen) atoms. The van der Waals surface area contributed by atoms with Crippen molar-refractivity contribution in [1.29, 1.82) is 0 Å². The first-order chi connectivity index (χ1) is 7.74. The maximum Gasteiger partial charge on any atom is 0.106 e. The van der Waals surface area contributed by atoms with E-state index in [0.717, 1.165) is 31.4 Å². The van der Waals surface area contributed by atoms with Gasteiger partial charge in [0.05, 0.1) is 5.71 Å². The summed E-state index contributed by atoms with van der Waals surface area (Å²) in [5.74, 6) is 1.07. The Kier molecular flexibility index (Phi) is 2.52. The maximum absolute atomic E-state index is 9.07. The highest BCUT2D eigenvalue weighted by atomic mass is 35.5. The highest BCUT2D eigenvalue weighted by molar-refractivity contribution is 6.56. The molecule has 0 heterocycles. The fourth-order valence-corrected chi connectivity index (χ4v) is 4.22. The molecule has 86 valence electrons. The molecule has 0 radical (unpaired) electrons. The van der Waals surface area contributed by atoms with Gasteiger partial charge in [-0.25, -0.2) is 0 Å². The van der Waals surface area contributed by atoms with Crippen LogP contribution in [0.25, 0.3) is 0 Å². The van der Waals surface area contributed by atoms with Crippen molar-refractivity contribution in [2.24, 2.45) is 22.9 Å². The van der Waals surface area contributed by atoms with Gasteiger partial charge in [-0.2, -0.15) is 0 Å². The van der Waals surface area contributed by atoms with Gasteiger partial charge in [-0.1, -0.05) is 40.0 Å². The van der Waals surface area contributed by atoms with Gasteiger partial charge in [-0.3, -0.25) is 0 Å². The summed E-state index contributed by atoms with van der Waals surface area (Å²) >= 11 is 12.0. The summed E-state index contributed by atoms with van der Waals surface area (Å²) in [7, 11) is 0. The third kappa shape index (κ3) is 1.29. The normalized spacial score (nSPS) is 38.9. The van der Waals surface area contributed by atoms with Crippen LogP contribution < -0.4 is 0 Å². The molecule has 0 saturated heterocycles. The van der Waals surface area contributed by atoms with Crippen LogP contribution in [0.15, 0.2) is 26.9 Å². The van der Waals surface area contributed by atoms with Gasteiger partial charge >= 0.3 is 0 Å². The van der Waals surface area contributed by atoms with E-state index in [-0.39, 0.29) is 5.92 Å². The summed E-state index contributed by atoms with van der Waals surface area (Å²) in [5, 5.41) is 12.5. The van der Waals surface area contributed by atoms with E-state index in [1.165, 1.54) is 11.1 Å². The Balaban J connectivity index is 2.10. The lowest BCUT2D eigenvalue weighted by Gasteiger charge is -2.28. The molecule has 1 N–H and O–H groups in total. The van der Waals surface area contributed by atoms with Crippen LogP contribution in [0.5, 0.6) is 0 Å². The molecule has 2 saturated carbocycles. The van der Waals surface area contributed by atoms with Gasteiger partial charge in [0, 0.05) is 11.8 Å². The minimum atomic E-state index is 0.278. The number of halogens is 2. The topological polar surface area (TPSA) is 32.6 Å². The lowest BCUT2D eigenvalue weighted by molar-refractivity contribution is 0.310. The number of hydrogen-bond acceptors (Lipinski definition) is 2. The average molecular weight is 258 g/mol. The maximum atomic E-state index is 9.07. The minimum Gasteiger partial charge on any atom is -0.411 e. The van der Waals surface area contributed by atoms with Gasteiger partial charge in [0.1, 0.15) is 4.49 Å². The zero-order chi connectivity index (χ0) is 11.3. The lowest BCUT2D eigenvalue weighted by Crippen LogP contribution is -2.26. The molecule has 0 aliphatic heterocycles. The molecular weight excluding hydrogens is 245 g/mol. The molecule has 0 aromatic carbocycles. The second kappa shape index (κ2) is 3.78. The first-order valence-electron chi connectivity index (χ1n) is 5.70. The van der Waals surface area contributed by atoms with E-state index in [1.807, 2.05) is 0 Å². The monoisotopic (exact) mass is 257 g/mol. The van der Waals surface area contributed by atoms with Crippen molar-refractivity contribution in [3.63, 3.8) is 0 Å². The zero-order valence-corrected chi connectivity index (χ0v) is 10.3. The summed E-state index contributed by atoms with van der Waals surface area (Å²) in [6.45, 7) is 0. The van der Waals surface area contributed by atoms with E-state index in [1.54, 1.807) is 0 Å². The molecule has 3 atom stereocenters. The molecule has 2 nitrogen and oxygen atoms in total. The van der Waals surface area contributed by atoms with E-state index in [2.05, 4.69) is 11.2 Å². The summed E-state index contributed by atoms with van der Waals surface area (Å²) < 4.78 is 0.431. The van der Waals surface area contributed by atoms with Crippen LogP contribution in [0, 0.1) is 17.8 Å². The van der Waals surface area contributed by atoms with Crippen molar-refractivity contribution in [2.45, 2.75) is 25.7 Å². The van der Waals surface area contributed by atoms with Crippen LogP contribution in [0.3, 0.4) is 0 Å². The summed E-state index contributed by atoms with van der Waals surface area (Å²) in [6, 6.07) is 0. The average Bonchev–Trinajstić information content (AvgIpc) is 2.84. The number of oxime groups is 1. The van der Waals surface area contributed by atoms with Crippen LogP contribution in [-0.2, 0) is 0 Å². The van der Waals surface area contributed by atoms with Crippen molar-refractivity contribution >= 4 is 28.9 Å². The van der Waals surface area contributed by atoms with Gasteiger partial charge in [0.25, 0.3) is 0 Å². The molecule has 3 aliphatic carbocycles. The largest absolute Gasteiger partial charge is 0.411 e. The smallest absolute Gasteiger partial charge is 0.106 e. The number of hydrogen-bond donors (Lipinski definition) is 1. The second-order valence-corrected chi connectivity index (χ2v) is 5.71. The molecule has 2 fully saturated rings. The molecule has 0 aromatic rings. The van der Waals surface area contributed by atoms with E-state index >= 15 is 0 Å². The van der Waals surface area contributed by atoms with Crippen molar-refractivity contribution in [2.75, 3.05) is 0 Å². The second-order valence-electron chi connectivity index (χ2n) is 4.76. The Bertz CT molecular complexity index is 421. The van der Waals surface area contributed by atoms with Crippen molar-refractivity contribution in [1.82, 2.24) is 0 Å². The fourth-order valence-electron chi connectivity index (χ4n) is 3.68. The van der Waals surface area contributed by atoms with Crippen molar-refractivity contribution in [3.05, 3.63) is 21.7 Å². The molecule has 0 aromatic heterocycles. The van der Waals surface area contributed by atoms with Crippen LogP contribution in [0.4, 0.5) is 0 Å². The summed E-state index contributed by atoms with van der Waals surface area (Å²) in [5.41, 5.74) is 3.49. The van der Waals surface area contributed by atoms with Gasteiger partial charge < -0.3 is 5.21 Å². The van der Waals surface area contributed by atoms with Crippen LogP contribution in [0.1, 0.15) is 25.7 Å². The van der Waals surface area contributed by atoms with Crippen molar-refractivity contribution < 1.29 is 5.21 Å². The van der Waals surface area contributed by atoms with E-state index in [0.29, 0.717) is 16.3 Å². The first-order valence-corrected chi connectivity index (χ1v) is 6.45. The van der Waals surface area contributed by atoms with Gasteiger partial charge in [0.15, 0.2) is 0 Å². The highest BCUT2D eigenvalue weighted by Gasteiger charge is 2.51. The van der Waals surface area contributed by atoms with Crippen LogP contribution in [-0.4, -0.2) is 10.9 Å². The SMILES string of the molecule is O/N=C1\CCC=C2C3CCC(C3=C(Cl)Cl)C21. The van der Waals surface area contributed by atoms with Gasteiger partial charge in [-0.05, 0) is 37.2 Å². The molecular formula is C12H13Cl2NO. The lowest BCUT2D eigenvalue weighted by atomic mass is 9.76. The van der Waals surface area contributed by atoms with Crippen LogP contribution in [0.2, 0.25) is 0 Å². The summed E-state index contributed by atoms with van der Waals surface area (Å²) in [6.07, 6.45) is 6.39. The zero-order valence-electron chi connectivity index (χ0n) is 8.79. The molecule has 3 aliphatic rings. The van der Waals surface area contributed by atoms with Crippen molar-refractivity contribution in [3.8, 4) is 0 Å². The Morgan fingerprint density at radius 2 is 2.19 bits per heavy atom. The number of rotatable bonds is 0. The highest BCUT2D eigenvalue weighted by Crippen LogP contribution is 2.59. The predicted octanol–water partition coefficient (Wildman–Crippen LogP) is 3.88. The molecule has 3 unspecified atom stereocenters. The molecule has 4 heteroatoms. The Morgan fingerprint density at radius 3 is 2.88 bits per heavy atom. The van der Waals surface area contributed by atoms with Gasteiger partial charge in [-0.15, -0.1) is 0 Å². The standard InChI is InChI=1S/C12H13Cl2NO/c13-12(14)11-7-4-5-8(11)10-6(7)2-1-3-9(10)15-16/h2,7-8,10,16H,1,3-5H2/b15-9+. The predicted molar refractivity (Wildman–Crippen MR) is 65.0 cm³/mol. The molecule has 0 amide bonds. The molecule has 0 spiro atoms. The fraction of sp³-hybridized carbons (Fsp3) is 0.583. The Labute approximate surface area is 105 Å². The Hall–Kier alpha value is -0.470. The third-order valence-electron chi connectivity index (χ3n) is 4.19. The first kappa shape index (κ1) is 10.7. The number of fused-ring (bicyclic) bond motifs is 5. The summed E-state index contributed by atoms with van der Waals surface area (Å²) in [4.78, 5) is 0. The molecule has 2 bridgehead atoms. The third-order valence-corrected chi connectivity index (χ3v) is 4.63. The number of nitrogens with zero attached hydrogens (tertiary/aromatic N) is 1. The van der Waals surface area contributed by atoms with Gasteiger partial charge in [0.2, 0.25) is 0 Å². The Morgan fingerprint density at radius 1 is 1.38 bits per heavy atom. The van der Waals surface area contributed by atoms with E-state index < -0.39 is 0 Å². The molecule has 3 rings (SSSR count). The quantitative estimate of drug-likeness (QED) is 0.399. The minimum absolute atomic E-state index is 0.278. The van der Waals surface area contributed by atoms with E-state index in [4.69, 9.17) is 28.4 Å². The number of allylic oxidation sites excluding steroid dienone is 3. The van der Waals surface area contributed by atoms with Crippen LogP contribution >= 0.6 is 23.2 Å².